The van der Waals surface area contributed by atoms with E-state index in [1.165, 1.54) is 0 Å². The highest BCUT2D eigenvalue weighted by Crippen LogP contribution is 2.08. The molecule has 0 radical (unpaired) electrons. The van der Waals surface area contributed by atoms with Crippen LogP contribution in [0.1, 0.15) is 12.5 Å². The van der Waals surface area contributed by atoms with Crippen LogP contribution in [-0.2, 0) is 6.42 Å². The monoisotopic (exact) mass is 405 g/mol. The molecule has 0 saturated heterocycles. The molecule has 6 nitrogen and oxygen atoms in total. The number of benzene rings is 1. The number of terminal acetylenes is 1. The molecule has 1 aromatic carbocycles. The van der Waals surface area contributed by atoms with Crippen LogP contribution in [0.4, 0.5) is 0 Å². The predicted molar refractivity (Wildman–Crippen MR) is 121 cm³/mol. The van der Waals surface area contributed by atoms with E-state index in [9.17, 15) is 10.1 Å². The number of aromatic amines is 1. The van der Waals surface area contributed by atoms with Gasteiger partial charge in [0, 0.05) is 28.2 Å². The van der Waals surface area contributed by atoms with Crippen LogP contribution in [0.15, 0.2) is 60.3 Å². The van der Waals surface area contributed by atoms with E-state index in [2.05, 4.69) is 16.2 Å². The fourth-order valence-corrected chi connectivity index (χ4v) is 2.92. The lowest BCUT2D eigenvalue weighted by Crippen LogP contribution is -2.28. The molecular formula is C24H27N3O3. The number of rotatable bonds is 11. The summed E-state index contributed by atoms with van der Waals surface area (Å²) in [6.45, 7) is 3.53. The third-order valence-corrected chi connectivity index (χ3v) is 4.40. The summed E-state index contributed by atoms with van der Waals surface area (Å²) in [4.78, 5) is 13.5. The maximum atomic E-state index is 10.7. The van der Waals surface area contributed by atoms with Crippen LogP contribution in [0.2, 0.25) is 0 Å². The van der Waals surface area contributed by atoms with Crippen molar-refractivity contribution in [1.82, 2.24) is 10.3 Å². The largest absolute Gasteiger partial charge is 0.490 e. The molecule has 1 heterocycles. The van der Waals surface area contributed by atoms with Gasteiger partial charge in [0.25, 0.3) is 0 Å². The Morgan fingerprint density at radius 3 is 2.87 bits per heavy atom. The van der Waals surface area contributed by atoms with Crippen LogP contribution in [0.25, 0.3) is 12.2 Å². The van der Waals surface area contributed by atoms with Crippen LogP contribution in [0.5, 0.6) is 5.75 Å². The van der Waals surface area contributed by atoms with Gasteiger partial charge >= 0.3 is 0 Å². The normalized spacial score (nSPS) is 13.0. The summed E-state index contributed by atoms with van der Waals surface area (Å²) >= 11 is 0. The van der Waals surface area contributed by atoms with Gasteiger partial charge in [0.05, 0.1) is 0 Å². The Hall–Kier alpha value is -3.56. The number of nitrogens with one attached hydrogen (secondary N) is 2. The molecule has 0 amide bonds. The molecule has 0 spiro atoms. The van der Waals surface area contributed by atoms with Gasteiger partial charge in [-0.3, -0.25) is 10.1 Å². The van der Waals surface area contributed by atoms with Crippen molar-refractivity contribution in [3.63, 3.8) is 0 Å². The molecule has 2 aromatic rings. The van der Waals surface area contributed by atoms with Gasteiger partial charge in [-0.1, -0.05) is 30.2 Å². The van der Waals surface area contributed by atoms with Crippen LogP contribution < -0.4 is 20.6 Å². The van der Waals surface area contributed by atoms with Crippen molar-refractivity contribution in [2.75, 3.05) is 26.2 Å². The molecule has 0 saturated carbocycles. The predicted octanol–water partition coefficient (Wildman–Crippen LogP) is 2.20. The quantitative estimate of drug-likeness (QED) is 0.197. The zero-order chi connectivity index (χ0) is 21.6. The Kier molecular flexibility index (Phi) is 9.71. The average molecular weight is 405 g/mol. The summed E-state index contributed by atoms with van der Waals surface area (Å²) in [5.41, 5.74) is 2.08. The molecule has 30 heavy (non-hydrogen) atoms. The highest BCUT2D eigenvalue weighted by Gasteiger charge is 2.02. The summed E-state index contributed by atoms with van der Waals surface area (Å²) < 4.78 is 5.71. The zero-order valence-electron chi connectivity index (χ0n) is 17.1. The lowest BCUT2D eigenvalue weighted by Gasteiger charge is -2.07. The first-order valence-corrected chi connectivity index (χ1v) is 9.79. The molecule has 0 aliphatic rings. The lowest BCUT2D eigenvalue weighted by atomic mass is 10.1. The van der Waals surface area contributed by atoms with Crippen molar-refractivity contribution in [3.05, 3.63) is 86.6 Å². The molecule has 2 N–H and O–H groups in total. The van der Waals surface area contributed by atoms with E-state index in [1.54, 1.807) is 12.2 Å². The van der Waals surface area contributed by atoms with Crippen LogP contribution in [0, 0.1) is 22.5 Å². The van der Waals surface area contributed by atoms with Gasteiger partial charge in [0.2, 0.25) is 6.54 Å². The summed E-state index contributed by atoms with van der Waals surface area (Å²) in [5.74, 6) is 3.32. The van der Waals surface area contributed by atoms with E-state index < -0.39 is 0 Å². The molecule has 0 aliphatic carbocycles. The van der Waals surface area contributed by atoms with Gasteiger partial charge in [0.15, 0.2) is 0 Å². The topological polar surface area (TPSA) is 80.2 Å². The fourth-order valence-electron chi connectivity index (χ4n) is 2.92. The van der Waals surface area contributed by atoms with Gasteiger partial charge in [-0.05, 0) is 67.5 Å². The second kappa shape index (κ2) is 12.8. The average Bonchev–Trinajstić information content (AvgIpc) is 3.15. The Bertz CT molecular complexity index is 1030. The van der Waals surface area contributed by atoms with E-state index in [0.717, 1.165) is 40.4 Å². The number of hydrogen-bond acceptors (Lipinski definition) is 4. The van der Waals surface area contributed by atoms with Crippen molar-refractivity contribution in [1.29, 1.82) is 0 Å². The van der Waals surface area contributed by atoms with Gasteiger partial charge in [-0.25, -0.2) is 0 Å². The molecular weight excluding hydrogens is 378 g/mol. The molecule has 0 bridgehead atoms. The highest BCUT2D eigenvalue weighted by molar-refractivity contribution is 5.33. The Morgan fingerprint density at radius 1 is 1.37 bits per heavy atom. The zero-order valence-corrected chi connectivity index (χ0v) is 17.1. The Balaban J connectivity index is 1.92. The number of nitro groups is 1. The smallest absolute Gasteiger partial charge is 0.223 e. The molecule has 0 unspecified atom stereocenters. The fraction of sp³-hybridized carbons (Fsp3) is 0.250. The number of aromatic nitrogens is 1. The summed E-state index contributed by atoms with van der Waals surface area (Å²) in [6.07, 6.45) is 17.1. The van der Waals surface area contributed by atoms with Gasteiger partial charge in [-0.15, -0.1) is 6.42 Å². The standard InChI is InChI=1S/C24H27N3O3/c1-3-5-9-20(14-17-30-22-10-7-6-8-11-22)18-25-15-12-21-19-26-24(4-2)23(21)13-16-27(28)29/h1,4-11,13-14,19,25-26H,12,15-18H2,2H3/b9-5-,20-14+,23-13-,24-4+. The van der Waals surface area contributed by atoms with Crippen molar-refractivity contribution in [2.45, 2.75) is 13.3 Å². The number of H-pyrrole nitrogens is 1. The van der Waals surface area contributed by atoms with Gasteiger partial charge in [0.1, 0.15) is 12.4 Å². The first-order valence-electron chi connectivity index (χ1n) is 9.79. The molecule has 0 fully saturated rings. The molecule has 2 rings (SSSR count). The van der Waals surface area contributed by atoms with Crippen LogP contribution in [0.3, 0.4) is 0 Å². The van der Waals surface area contributed by atoms with Crippen molar-refractivity contribution >= 4 is 12.2 Å². The second-order valence-electron chi connectivity index (χ2n) is 6.48. The maximum absolute atomic E-state index is 10.7. The number of ether oxygens (including phenoxy) is 1. The van der Waals surface area contributed by atoms with Gasteiger partial charge in [-0.2, -0.15) is 0 Å². The minimum atomic E-state index is -0.332. The highest BCUT2D eigenvalue weighted by atomic mass is 16.6. The molecule has 1 aromatic heterocycles. The van der Waals surface area contributed by atoms with Gasteiger partial charge < -0.3 is 15.0 Å². The summed E-state index contributed by atoms with van der Waals surface area (Å²) in [7, 11) is 0. The Labute approximate surface area is 176 Å². The summed E-state index contributed by atoms with van der Waals surface area (Å²) in [6, 6.07) is 9.63. The molecule has 0 aliphatic heterocycles. The lowest BCUT2D eigenvalue weighted by molar-refractivity contribution is -0.464. The van der Waals surface area contributed by atoms with E-state index in [1.807, 2.05) is 61.7 Å². The van der Waals surface area contributed by atoms with Crippen LogP contribution in [-0.4, -0.2) is 36.1 Å². The van der Waals surface area contributed by atoms with E-state index in [0.29, 0.717) is 13.2 Å². The first kappa shape index (κ1) is 22.7. The molecule has 0 atom stereocenters. The SMILES string of the molecule is C#C/C=C\C(=C/COc1ccccc1)CNCCc1c[nH]c(=C/C)/c1=C\C[N+](=O)[O-]. The third kappa shape index (κ3) is 7.82. The minimum absolute atomic E-state index is 0.190. The van der Waals surface area contributed by atoms with E-state index in [-0.39, 0.29) is 11.5 Å². The van der Waals surface area contributed by atoms with Crippen molar-refractivity contribution in [2.24, 2.45) is 0 Å². The molecule has 6 heteroatoms. The number of nitrogens with zero attached hydrogens (tertiary/aromatic N) is 1. The third-order valence-electron chi connectivity index (χ3n) is 4.40. The first-order chi connectivity index (χ1) is 14.6. The number of allylic oxidation sites excluding steroid dienone is 1. The summed E-state index contributed by atoms with van der Waals surface area (Å²) in [5, 5.41) is 15.9. The van der Waals surface area contributed by atoms with E-state index >= 15 is 0 Å². The second-order valence-corrected chi connectivity index (χ2v) is 6.48. The Morgan fingerprint density at radius 2 is 2.17 bits per heavy atom. The van der Waals surface area contributed by atoms with Crippen molar-refractivity contribution in [3.8, 4) is 18.1 Å². The number of para-hydroxylation sites is 1. The minimum Gasteiger partial charge on any atom is -0.490 e. The van der Waals surface area contributed by atoms with E-state index in [4.69, 9.17) is 11.2 Å². The van der Waals surface area contributed by atoms with Crippen LogP contribution >= 0.6 is 0 Å². The number of hydrogen-bond donors (Lipinski definition) is 2. The molecule has 156 valence electrons. The van der Waals surface area contributed by atoms with Crippen molar-refractivity contribution < 1.29 is 9.66 Å². The maximum Gasteiger partial charge on any atom is 0.223 e.